The Morgan fingerprint density at radius 2 is 2.08 bits per heavy atom. The Morgan fingerprint density at radius 3 is 2.62 bits per heavy atom. The molecule has 4 heteroatoms. The number of rotatable bonds is 3. The second kappa shape index (κ2) is 3.71. The lowest BCUT2D eigenvalue weighted by Gasteiger charge is -1.98. The van der Waals surface area contributed by atoms with Gasteiger partial charge in [-0.15, -0.1) is 0 Å². The van der Waals surface area contributed by atoms with Gasteiger partial charge in [-0.1, -0.05) is 12.1 Å². The van der Waals surface area contributed by atoms with Gasteiger partial charge in [0.1, 0.15) is 0 Å². The number of carbonyl (C=O) groups excluding carboxylic acids is 1. The molecule has 0 spiro atoms. The average molecular weight is 179 g/mol. The largest absolute Gasteiger partial charge is 0.478 e. The molecule has 0 aliphatic rings. The standard InChI is InChI=1S/C9H9NO3/c10-8(11)5-6-2-1-3-7(4-6)9(12)13/h1-4H,5H2,(H2,10,11)(H,12,13). The summed E-state index contributed by atoms with van der Waals surface area (Å²) in [7, 11) is 0. The van der Waals surface area contributed by atoms with E-state index in [0.29, 0.717) is 5.56 Å². The van der Waals surface area contributed by atoms with Crippen LogP contribution in [0.2, 0.25) is 0 Å². The molecule has 13 heavy (non-hydrogen) atoms. The number of aromatic carboxylic acids is 1. The molecule has 4 nitrogen and oxygen atoms in total. The fraction of sp³-hybridized carbons (Fsp3) is 0.111. The summed E-state index contributed by atoms with van der Waals surface area (Å²) in [5.74, 6) is -1.48. The third kappa shape index (κ3) is 2.59. The average Bonchev–Trinajstić information content (AvgIpc) is 2.03. The zero-order valence-corrected chi connectivity index (χ0v) is 6.86. The van der Waals surface area contributed by atoms with Crippen LogP contribution in [0.4, 0.5) is 0 Å². The van der Waals surface area contributed by atoms with Crippen molar-refractivity contribution in [3.05, 3.63) is 35.4 Å². The van der Waals surface area contributed by atoms with Gasteiger partial charge in [0.2, 0.25) is 5.91 Å². The van der Waals surface area contributed by atoms with Crippen molar-refractivity contribution in [2.24, 2.45) is 5.73 Å². The minimum atomic E-state index is -1.01. The third-order valence-electron chi connectivity index (χ3n) is 1.55. The Bertz CT molecular complexity index is 346. The van der Waals surface area contributed by atoms with Crippen molar-refractivity contribution in [1.82, 2.24) is 0 Å². The van der Waals surface area contributed by atoms with Crippen molar-refractivity contribution < 1.29 is 14.7 Å². The van der Waals surface area contributed by atoms with Crippen molar-refractivity contribution in [3.63, 3.8) is 0 Å². The second-order valence-corrected chi connectivity index (χ2v) is 2.65. The number of nitrogens with two attached hydrogens (primary N) is 1. The maximum absolute atomic E-state index is 10.5. The molecular weight excluding hydrogens is 170 g/mol. The lowest BCUT2D eigenvalue weighted by molar-refractivity contribution is -0.117. The minimum Gasteiger partial charge on any atom is -0.478 e. The molecule has 0 saturated carbocycles. The highest BCUT2D eigenvalue weighted by Crippen LogP contribution is 2.05. The smallest absolute Gasteiger partial charge is 0.335 e. The lowest BCUT2D eigenvalue weighted by Crippen LogP contribution is -2.13. The number of carboxylic acids is 1. The monoisotopic (exact) mass is 179 g/mol. The first kappa shape index (κ1) is 9.25. The molecule has 3 N–H and O–H groups in total. The molecule has 1 amide bonds. The topological polar surface area (TPSA) is 80.4 Å². The number of primary amides is 1. The van der Waals surface area contributed by atoms with Crippen LogP contribution in [0.1, 0.15) is 15.9 Å². The molecular formula is C9H9NO3. The summed E-state index contributed by atoms with van der Waals surface area (Å²) in [5, 5.41) is 8.63. The molecule has 0 unspecified atom stereocenters. The van der Waals surface area contributed by atoms with E-state index in [1.165, 1.54) is 12.1 Å². The Hall–Kier alpha value is -1.84. The molecule has 68 valence electrons. The summed E-state index contributed by atoms with van der Waals surface area (Å²) >= 11 is 0. The van der Waals surface area contributed by atoms with Crippen LogP contribution < -0.4 is 5.73 Å². The van der Waals surface area contributed by atoms with E-state index in [2.05, 4.69) is 0 Å². The predicted octanol–water partition coefficient (Wildman–Crippen LogP) is 0.413. The second-order valence-electron chi connectivity index (χ2n) is 2.65. The molecule has 0 aliphatic heterocycles. The zero-order valence-electron chi connectivity index (χ0n) is 6.86. The van der Waals surface area contributed by atoms with Crippen LogP contribution in [-0.2, 0) is 11.2 Å². The highest BCUT2D eigenvalue weighted by Gasteiger charge is 2.04. The van der Waals surface area contributed by atoms with Crippen LogP contribution in [0.5, 0.6) is 0 Å². The Balaban J connectivity index is 2.91. The molecule has 0 aromatic heterocycles. The van der Waals surface area contributed by atoms with E-state index in [0.717, 1.165) is 0 Å². The van der Waals surface area contributed by atoms with Gasteiger partial charge in [-0.25, -0.2) is 4.79 Å². The number of hydrogen-bond acceptors (Lipinski definition) is 2. The van der Waals surface area contributed by atoms with Gasteiger partial charge in [-0.3, -0.25) is 4.79 Å². The van der Waals surface area contributed by atoms with Crippen molar-refractivity contribution in [3.8, 4) is 0 Å². The third-order valence-corrected chi connectivity index (χ3v) is 1.55. The van der Waals surface area contributed by atoms with Crippen LogP contribution in [-0.4, -0.2) is 17.0 Å². The normalized spacial score (nSPS) is 9.54. The first-order chi connectivity index (χ1) is 6.09. The van der Waals surface area contributed by atoms with Crippen molar-refractivity contribution in [2.45, 2.75) is 6.42 Å². The van der Waals surface area contributed by atoms with Crippen LogP contribution in [0.15, 0.2) is 24.3 Å². The molecule has 0 saturated heterocycles. The maximum Gasteiger partial charge on any atom is 0.335 e. The van der Waals surface area contributed by atoms with E-state index in [4.69, 9.17) is 10.8 Å². The number of carboxylic acid groups (broad SMARTS) is 1. The van der Waals surface area contributed by atoms with E-state index >= 15 is 0 Å². The summed E-state index contributed by atoms with van der Waals surface area (Å²) in [6.45, 7) is 0. The summed E-state index contributed by atoms with van der Waals surface area (Å²) in [6, 6.07) is 6.15. The van der Waals surface area contributed by atoms with Gasteiger partial charge in [0.05, 0.1) is 12.0 Å². The highest BCUT2D eigenvalue weighted by molar-refractivity contribution is 5.88. The van der Waals surface area contributed by atoms with Crippen LogP contribution in [0, 0.1) is 0 Å². The number of hydrogen-bond donors (Lipinski definition) is 2. The minimum absolute atomic E-state index is 0.0706. The van der Waals surface area contributed by atoms with Gasteiger partial charge < -0.3 is 10.8 Å². The summed E-state index contributed by atoms with van der Waals surface area (Å²) in [5.41, 5.74) is 5.75. The Morgan fingerprint density at radius 1 is 1.38 bits per heavy atom. The molecule has 0 bridgehead atoms. The molecule has 0 heterocycles. The van der Waals surface area contributed by atoms with Crippen molar-refractivity contribution in [2.75, 3.05) is 0 Å². The maximum atomic E-state index is 10.5. The summed E-state index contributed by atoms with van der Waals surface area (Å²) in [6.07, 6.45) is 0.0706. The number of amides is 1. The highest BCUT2D eigenvalue weighted by atomic mass is 16.4. The van der Waals surface area contributed by atoms with E-state index in [9.17, 15) is 9.59 Å². The summed E-state index contributed by atoms with van der Waals surface area (Å²) in [4.78, 5) is 21.0. The molecule has 1 rings (SSSR count). The molecule has 0 fully saturated rings. The van der Waals surface area contributed by atoms with E-state index in [-0.39, 0.29) is 12.0 Å². The zero-order chi connectivity index (χ0) is 9.84. The molecule has 0 aliphatic carbocycles. The van der Waals surface area contributed by atoms with E-state index in [1.54, 1.807) is 12.1 Å². The Kier molecular flexibility index (Phi) is 2.64. The van der Waals surface area contributed by atoms with Crippen LogP contribution in [0.3, 0.4) is 0 Å². The van der Waals surface area contributed by atoms with Gasteiger partial charge in [-0.05, 0) is 17.7 Å². The van der Waals surface area contributed by atoms with Gasteiger partial charge in [0.25, 0.3) is 0 Å². The van der Waals surface area contributed by atoms with Gasteiger partial charge in [-0.2, -0.15) is 0 Å². The molecule has 0 radical (unpaired) electrons. The number of carbonyl (C=O) groups is 2. The van der Waals surface area contributed by atoms with Crippen molar-refractivity contribution in [1.29, 1.82) is 0 Å². The van der Waals surface area contributed by atoms with Gasteiger partial charge in [0.15, 0.2) is 0 Å². The fourth-order valence-corrected chi connectivity index (χ4v) is 1.02. The molecule has 0 atom stereocenters. The fourth-order valence-electron chi connectivity index (χ4n) is 1.02. The van der Waals surface area contributed by atoms with Gasteiger partial charge in [0, 0.05) is 0 Å². The summed E-state index contributed by atoms with van der Waals surface area (Å²) < 4.78 is 0. The van der Waals surface area contributed by atoms with Crippen molar-refractivity contribution >= 4 is 11.9 Å². The first-order valence-corrected chi connectivity index (χ1v) is 3.70. The van der Waals surface area contributed by atoms with Gasteiger partial charge >= 0.3 is 5.97 Å². The Labute approximate surface area is 75.0 Å². The van der Waals surface area contributed by atoms with Crippen LogP contribution >= 0.6 is 0 Å². The molecule has 1 aromatic carbocycles. The molecule has 1 aromatic rings. The predicted molar refractivity (Wildman–Crippen MR) is 46.3 cm³/mol. The van der Waals surface area contributed by atoms with E-state index < -0.39 is 11.9 Å². The lowest BCUT2D eigenvalue weighted by atomic mass is 10.1. The number of benzene rings is 1. The van der Waals surface area contributed by atoms with Crippen LogP contribution in [0.25, 0.3) is 0 Å². The van der Waals surface area contributed by atoms with E-state index in [1.807, 2.05) is 0 Å². The first-order valence-electron chi connectivity index (χ1n) is 3.70. The quantitative estimate of drug-likeness (QED) is 0.705. The SMILES string of the molecule is NC(=O)Cc1cccc(C(=O)O)c1.